The quantitative estimate of drug-likeness (QED) is 0.551. The van der Waals surface area contributed by atoms with E-state index in [0.717, 1.165) is 21.9 Å². The van der Waals surface area contributed by atoms with Crippen LogP contribution >= 0.6 is 24.0 Å². The van der Waals surface area contributed by atoms with Crippen LogP contribution in [0.3, 0.4) is 0 Å². The summed E-state index contributed by atoms with van der Waals surface area (Å²) in [5.41, 5.74) is 2.71. The van der Waals surface area contributed by atoms with Gasteiger partial charge in [0.25, 0.3) is 0 Å². The molecule has 0 unspecified atom stereocenters. The lowest BCUT2D eigenvalue weighted by atomic mass is 10.2. The molecule has 0 atom stereocenters. The molecule has 0 aliphatic heterocycles. The Morgan fingerprint density at radius 1 is 0.846 bits per heavy atom. The first-order valence-corrected chi connectivity index (χ1v) is 8.49. The molecular weight excluding hydrogens is 372 g/mol. The summed E-state index contributed by atoms with van der Waals surface area (Å²) in [6, 6.07) is 22.2. The summed E-state index contributed by atoms with van der Waals surface area (Å²) in [6.45, 7) is 1.60. The zero-order chi connectivity index (χ0) is 17.5. The molecule has 0 amide bonds. The SMILES string of the molecule is Cl.Fc1ccccc1COc1cccc(CNCc2ccccc2Cl)c1. The largest absolute Gasteiger partial charge is 0.489 e. The van der Waals surface area contributed by atoms with Crippen LogP contribution in [0.2, 0.25) is 5.02 Å². The number of nitrogens with one attached hydrogen (secondary N) is 1. The van der Waals surface area contributed by atoms with E-state index in [2.05, 4.69) is 5.32 Å². The molecule has 0 saturated heterocycles. The van der Waals surface area contributed by atoms with Gasteiger partial charge in [0.05, 0.1) is 0 Å². The van der Waals surface area contributed by atoms with Crippen LogP contribution in [0.5, 0.6) is 5.75 Å². The van der Waals surface area contributed by atoms with Gasteiger partial charge < -0.3 is 10.1 Å². The average molecular weight is 392 g/mol. The highest BCUT2D eigenvalue weighted by Crippen LogP contribution is 2.17. The minimum absolute atomic E-state index is 0. The van der Waals surface area contributed by atoms with Crippen molar-refractivity contribution in [1.82, 2.24) is 5.32 Å². The monoisotopic (exact) mass is 391 g/mol. The van der Waals surface area contributed by atoms with Gasteiger partial charge in [-0.15, -0.1) is 12.4 Å². The molecule has 0 radical (unpaired) electrons. The fourth-order valence-electron chi connectivity index (χ4n) is 2.51. The van der Waals surface area contributed by atoms with Crippen LogP contribution in [0.25, 0.3) is 0 Å². The van der Waals surface area contributed by atoms with E-state index in [-0.39, 0.29) is 24.8 Å². The molecule has 0 saturated carbocycles. The molecule has 3 aromatic carbocycles. The number of halogens is 3. The predicted molar refractivity (Wildman–Crippen MR) is 106 cm³/mol. The molecule has 1 N–H and O–H groups in total. The third kappa shape index (κ3) is 5.73. The summed E-state index contributed by atoms with van der Waals surface area (Å²) < 4.78 is 19.3. The van der Waals surface area contributed by atoms with Crippen molar-refractivity contribution in [3.8, 4) is 5.75 Å². The zero-order valence-electron chi connectivity index (χ0n) is 14.1. The lowest BCUT2D eigenvalue weighted by Gasteiger charge is -2.10. The molecule has 136 valence electrons. The van der Waals surface area contributed by atoms with Crippen molar-refractivity contribution < 1.29 is 9.13 Å². The normalized spacial score (nSPS) is 10.2. The van der Waals surface area contributed by atoms with Gasteiger partial charge in [-0.2, -0.15) is 0 Å². The summed E-state index contributed by atoms with van der Waals surface area (Å²) in [4.78, 5) is 0. The Hall–Kier alpha value is -2.07. The number of rotatable bonds is 7. The second-order valence-electron chi connectivity index (χ2n) is 5.72. The van der Waals surface area contributed by atoms with Gasteiger partial charge in [-0.1, -0.05) is 60.1 Å². The summed E-state index contributed by atoms with van der Waals surface area (Å²) in [5, 5.41) is 4.13. The molecule has 3 aromatic rings. The van der Waals surface area contributed by atoms with Crippen molar-refractivity contribution in [2.75, 3.05) is 0 Å². The molecule has 0 fully saturated rings. The van der Waals surface area contributed by atoms with Crippen LogP contribution in [-0.4, -0.2) is 0 Å². The fraction of sp³-hybridized carbons (Fsp3) is 0.143. The van der Waals surface area contributed by atoms with E-state index in [1.807, 2.05) is 48.5 Å². The van der Waals surface area contributed by atoms with Crippen LogP contribution in [0, 0.1) is 5.82 Å². The smallest absolute Gasteiger partial charge is 0.129 e. The van der Waals surface area contributed by atoms with Gasteiger partial charge in [0.15, 0.2) is 0 Å². The molecular formula is C21H20Cl2FNO. The summed E-state index contributed by atoms with van der Waals surface area (Å²) in [5.74, 6) is 0.473. The minimum atomic E-state index is -0.250. The van der Waals surface area contributed by atoms with E-state index >= 15 is 0 Å². The van der Waals surface area contributed by atoms with Crippen LogP contribution in [0.4, 0.5) is 4.39 Å². The van der Waals surface area contributed by atoms with Gasteiger partial charge in [0.2, 0.25) is 0 Å². The predicted octanol–water partition coefficient (Wildman–Crippen LogP) is 5.77. The van der Waals surface area contributed by atoms with E-state index < -0.39 is 0 Å². The lowest BCUT2D eigenvalue weighted by molar-refractivity contribution is 0.299. The van der Waals surface area contributed by atoms with Crippen molar-refractivity contribution in [2.45, 2.75) is 19.7 Å². The highest BCUT2D eigenvalue weighted by atomic mass is 35.5. The second kappa shape index (κ2) is 10.2. The topological polar surface area (TPSA) is 21.3 Å². The zero-order valence-corrected chi connectivity index (χ0v) is 15.7. The first kappa shape index (κ1) is 20.2. The first-order valence-electron chi connectivity index (χ1n) is 8.11. The molecule has 0 spiro atoms. The maximum Gasteiger partial charge on any atom is 0.129 e. The third-order valence-corrected chi connectivity index (χ3v) is 4.22. The van der Waals surface area contributed by atoms with Gasteiger partial charge in [0, 0.05) is 23.7 Å². The molecule has 0 aliphatic carbocycles. The van der Waals surface area contributed by atoms with E-state index in [1.54, 1.807) is 18.2 Å². The molecule has 0 bridgehead atoms. The van der Waals surface area contributed by atoms with Crippen LogP contribution in [0.1, 0.15) is 16.7 Å². The van der Waals surface area contributed by atoms with E-state index in [0.29, 0.717) is 18.7 Å². The third-order valence-electron chi connectivity index (χ3n) is 3.85. The first-order chi connectivity index (χ1) is 12.2. The van der Waals surface area contributed by atoms with Gasteiger partial charge in [-0.3, -0.25) is 0 Å². The summed E-state index contributed by atoms with van der Waals surface area (Å²) >= 11 is 6.15. The summed E-state index contributed by atoms with van der Waals surface area (Å²) in [7, 11) is 0. The van der Waals surface area contributed by atoms with Crippen molar-refractivity contribution in [1.29, 1.82) is 0 Å². The summed E-state index contributed by atoms with van der Waals surface area (Å²) in [6.07, 6.45) is 0. The average Bonchev–Trinajstić information content (AvgIpc) is 2.63. The van der Waals surface area contributed by atoms with Gasteiger partial charge in [0.1, 0.15) is 18.2 Å². The molecule has 0 heterocycles. The Bertz CT molecular complexity index is 841. The van der Waals surface area contributed by atoms with Crippen LogP contribution in [-0.2, 0) is 19.7 Å². The van der Waals surface area contributed by atoms with Crippen molar-refractivity contribution >= 4 is 24.0 Å². The second-order valence-corrected chi connectivity index (χ2v) is 6.13. The van der Waals surface area contributed by atoms with Crippen molar-refractivity contribution in [2.24, 2.45) is 0 Å². The molecule has 3 rings (SSSR count). The van der Waals surface area contributed by atoms with E-state index in [9.17, 15) is 4.39 Å². The molecule has 5 heteroatoms. The molecule has 26 heavy (non-hydrogen) atoms. The highest BCUT2D eigenvalue weighted by molar-refractivity contribution is 6.31. The lowest BCUT2D eigenvalue weighted by Crippen LogP contribution is -2.13. The Labute approximate surface area is 164 Å². The minimum Gasteiger partial charge on any atom is -0.489 e. The number of hydrogen-bond acceptors (Lipinski definition) is 2. The molecule has 0 aromatic heterocycles. The van der Waals surface area contributed by atoms with Gasteiger partial charge >= 0.3 is 0 Å². The number of benzene rings is 3. The fourth-order valence-corrected chi connectivity index (χ4v) is 2.71. The van der Waals surface area contributed by atoms with Crippen LogP contribution in [0.15, 0.2) is 72.8 Å². The van der Waals surface area contributed by atoms with Gasteiger partial charge in [-0.25, -0.2) is 4.39 Å². The van der Waals surface area contributed by atoms with Crippen molar-refractivity contribution in [3.63, 3.8) is 0 Å². The van der Waals surface area contributed by atoms with E-state index in [4.69, 9.17) is 16.3 Å². The Kier molecular flexibility index (Phi) is 7.92. The van der Waals surface area contributed by atoms with Crippen molar-refractivity contribution in [3.05, 3.63) is 100 Å². The maximum atomic E-state index is 13.6. The number of hydrogen-bond donors (Lipinski definition) is 1. The highest BCUT2D eigenvalue weighted by Gasteiger charge is 2.03. The number of ether oxygens (including phenoxy) is 1. The van der Waals surface area contributed by atoms with Crippen LogP contribution < -0.4 is 10.1 Å². The molecule has 0 aliphatic rings. The Balaban J connectivity index is 0.00000243. The maximum absolute atomic E-state index is 13.6. The molecule has 2 nitrogen and oxygen atoms in total. The van der Waals surface area contributed by atoms with Gasteiger partial charge in [-0.05, 0) is 35.4 Å². The van der Waals surface area contributed by atoms with E-state index in [1.165, 1.54) is 6.07 Å². The Morgan fingerprint density at radius 2 is 1.58 bits per heavy atom. The standard InChI is InChI=1S/C21H19ClFNO.ClH/c22-20-10-3-1-7-17(20)14-24-13-16-6-5-9-19(12-16)25-15-18-8-2-4-11-21(18)23;/h1-12,24H,13-15H2;1H. The Morgan fingerprint density at radius 3 is 2.35 bits per heavy atom.